The van der Waals surface area contributed by atoms with Gasteiger partial charge in [-0.05, 0) is 6.16 Å². The van der Waals surface area contributed by atoms with Crippen LogP contribution in [0.2, 0.25) is 0 Å². The van der Waals surface area contributed by atoms with Crippen molar-refractivity contribution in [2.75, 3.05) is 0 Å². The van der Waals surface area contributed by atoms with Crippen LogP contribution in [0.5, 0.6) is 0 Å². The van der Waals surface area contributed by atoms with E-state index in [0.29, 0.717) is 0 Å². The minimum Gasteiger partial charge on any atom is -2.00 e. The zero-order valence-corrected chi connectivity index (χ0v) is 7.99. The van der Waals surface area contributed by atoms with Gasteiger partial charge in [0.2, 0.25) is 0 Å². The van der Waals surface area contributed by atoms with E-state index in [0.717, 1.165) is 0 Å². The fourth-order valence-corrected chi connectivity index (χ4v) is 0. The minimum absolute atomic E-state index is 0. The van der Waals surface area contributed by atoms with Gasteiger partial charge in [0.05, 0.1) is 0 Å². The predicted octanol–water partition coefficient (Wildman–Crippen LogP) is -5.94. The van der Waals surface area contributed by atoms with Gasteiger partial charge in [0, 0.05) is 0 Å². The molecule has 0 atom stereocenters. The first-order valence-electron chi connectivity index (χ1n) is 0.612. The molecule has 4 nitrogen and oxygen atoms in total. The van der Waals surface area contributed by atoms with Crippen molar-refractivity contribution >= 4 is 23.5 Å². The van der Waals surface area contributed by atoms with Crippen LogP contribution in [0, 0.1) is 0 Å². The number of carbonyl (C=O) groups is 1. The molecule has 0 aliphatic heterocycles. The Hall–Kier alpha value is 1.40. The summed E-state index contributed by atoms with van der Waals surface area (Å²) in [6.45, 7) is 0. The van der Waals surface area contributed by atoms with E-state index >= 15 is 0 Å². The van der Waals surface area contributed by atoms with Crippen molar-refractivity contribution in [3.63, 3.8) is 0 Å². The molecular weight excluding hydrogens is 142 g/mol. The molecule has 0 radical (unpaired) electrons. The first kappa shape index (κ1) is 23.8. The number of rotatable bonds is 0. The topological polar surface area (TPSA) is 91.7 Å². The summed E-state index contributed by atoms with van der Waals surface area (Å²) in [5, 5.41) is 16.7. The molecule has 0 saturated carbocycles. The SMILES string of the molecule is O=C([O-])[O-].[Al+3].[K+].[O-2]. The van der Waals surface area contributed by atoms with E-state index in [4.69, 9.17) is 15.0 Å². The molecule has 0 aromatic rings. The Labute approximate surface area is 93.8 Å². The second-order valence-corrected chi connectivity index (χ2v) is 0.250. The van der Waals surface area contributed by atoms with Crippen LogP contribution in [0.3, 0.4) is 0 Å². The maximum Gasteiger partial charge on any atom is 3.00 e. The van der Waals surface area contributed by atoms with Gasteiger partial charge in [-0.3, -0.25) is 0 Å². The number of carbonyl (C=O) groups excluding carboxylic acids is 1. The van der Waals surface area contributed by atoms with Crippen molar-refractivity contribution in [2.24, 2.45) is 0 Å². The summed E-state index contributed by atoms with van der Waals surface area (Å²) < 4.78 is 0. The Kier molecular flexibility index (Phi) is 53.1. The summed E-state index contributed by atoms with van der Waals surface area (Å²) in [6.07, 6.45) is -2.33. The van der Waals surface area contributed by atoms with E-state index < -0.39 is 6.16 Å². The normalized spacial score (nSPS) is 3.43. The molecule has 32 valence electrons. The molecule has 0 bridgehead atoms. The van der Waals surface area contributed by atoms with Gasteiger partial charge in [-0.2, -0.15) is 0 Å². The maximum atomic E-state index is 8.33. The molecule has 0 aliphatic rings. The van der Waals surface area contributed by atoms with Gasteiger partial charge >= 0.3 is 68.7 Å². The number of hydrogen-bond acceptors (Lipinski definition) is 3. The molecule has 0 N–H and O–H groups in total. The van der Waals surface area contributed by atoms with Crippen molar-refractivity contribution in [1.29, 1.82) is 0 Å². The molecule has 0 saturated heterocycles. The molecule has 0 unspecified atom stereocenters. The maximum absolute atomic E-state index is 8.33. The van der Waals surface area contributed by atoms with Crippen LogP contribution in [0.15, 0.2) is 0 Å². The molecule has 0 heterocycles. The summed E-state index contributed by atoms with van der Waals surface area (Å²) in [5.74, 6) is 0. The van der Waals surface area contributed by atoms with E-state index in [9.17, 15) is 0 Å². The Morgan fingerprint density at radius 3 is 1.29 bits per heavy atom. The summed E-state index contributed by atoms with van der Waals surface area (Å²) in [7, 11) is 0. The van der Waals surface area contributed by atoms with Crippen LogP contribution in [-0.4, -0.2) is 23.5 Å². The molecule has 7 heavy (non-hydrogen) atoms. The van der Waals surface area contributed by atoms with Gasteiger partial charge in [0.25, 0.3) is 0 Å². The van der Waals surface area contributed by atoms with Gasteiger partial charge in [-0.25, -0.2) is 0 Å². The van der Waals surface area contributed by atoms with Crippen molar-refractivity contribution < 1.29 is 71.9 Å². The van der Waals surface area contributed by atoms with E-state index in [-0.39, 0.29) is 74.2 Å². The quantitative estimate of drug-likeness (QED) is 0.315. The Morgan fingerprint density at radius 2 is 1.29 bits per heavy atom. The standard InChI is InChI=1S/CH2O3.Al.K.O/c2-1(3)4;;;/h(H2,2,3,4);;;/q;+3;+1;-2/p-2. The van der Waals surface area contributed by atoms with Crippen molar-refractivity contribution in [2.45, 2.75) is 0 Å². The van der Waals surface area contributed by atoms with E-state index in [1.54, 1.807) is 0 Å². The molecule has 0 fully saturated rings. The summed E-state index contributed by atoms with van der Waals surface area (Å²) in [6, 6.07) is 0. The second-order valence-electron chi connectivity index (χ2n) is 0.250. The van der Waals surface area contributed by atoms with Gasteiger partial charge in [0.15, 0.2) is 0 Å². The third-order valence-electron chi connectivity index (χ3n) is 0. The van der Waals surface area contributed by atoms with E-state index in [1.165, 1.54) is 0 Å². The van der Waals surface area contributed by atoms with Crippen LogP contribution in [0.1, 0.15) is 0 Å². The van der Waals surface area contributed by atoms with E-state index in [1.807, 2.05) is 0 Å². The van der Waals surface area contributed by atoms with Crippen LogP contribution < -0.4 is 61.6 Å². The van der Waals surface area contributed by atoms with Gasteiger partial charge in [-0.15, -0.1) is 0 Å². The van der Waals surface area contributed by atoms with Gasteiger partial charge in [0.1, 0.15) is 0 Å². The first-order chi connectivity index (χ1) is 1.73. The van der Waals surface area contributed by atoms with Crippen LogP contribution in [-0.2, 0) is 5.48 Å². The van der Waals surface area contributed by atoms with Crippen LogP contribution in [0.4, 0.5) is 4.79 Å². The smallest absolute Gasteiger partial charge is 2.00 e. The van der Waals surface area contributed by atoms with Gasteiger partial charge in [-0.1, -0.05) is 0 Å². The van der Waals surface area contributed by atoms with Crippen molar-refractivity contribution in [1.82, 2.24) is 0 Å². The predicted molar refractivity (Wildman–Crippen MR) is 11.8 cm³/mol. The third kappa shape index (κ3) is 110. The Balaban J connectivity index is -0.0000000150. The molecular formula is CAlKO4. The summed E-state index contributed by atoms with van der Waals surface area (Å²) in [5.41, 5.74) is 0. The molecule has 6 heteroatoms. The molecule has 0 aliphatic carbocycles. The average Bonchev–Trinajstić information content (AvgIpc) is 0.811. The fraction of sp³-hybridized carbons (Fsp3) is 0. The second kappa shape index (κ2) is 15.7. The van der Waals surface area contributed by atoms with Crippen LogP contribution in [0.25, 0.3) is 0 Å². The average molecular weight is 142 g/mol. The Bertz CT molecular complexity index is 34.7. The molecule has 0 spiro atoms. The Morgan fingerprint density at radius 1 is 1.29 bits per heavy atom. The summed E-state index contributed by atoms with van der Waals surface area (Å²) in [4.78, 5) is 8.33. The zero-order valence-electron chi connectivity index (χ0n) is 3.71. The van der Waals surface area contributed by atoms with Gasteiger partial charge < -0.3 is 20.5 Å². The molecule has 0 amide bonds. The third-order valence-corrected chi connectivity index (χ3v) is 0. The first-order valence-corrected chi connectivity index (χ1v) is 0.612. The van der Waals surface area contributed by atoms with Crippen molar-refractivity contribution in [3.8, 4) is 0 Å². The van der Waals surface area contributed by atoms with Crippen LogP contribution >= 0.6 is 0 Å². The molecule has 0 aromatic carbocycles. The zero-order chi connectivity index (χ0) is 3.58. The largest absolute Gasteiger partial charge is 3.00 e. The van der Waals surface area contributed by atoms with E-state index in [2.05, 4.69) is 0 Å². The number of carboxylic acid groups (broad SMARTS) is 2. The monoisotopic (exact) mass is 142 g/mol. The fourth-order valence-electron chi connectivity index (χ4n) is 0. The molecule has 0 rings (SSSR count). The number of hydrogen-bond donors (Lipinski definition) is 0. The summed E-state index contributed by atoms with van der Waals surface area (Å²) >= 11 is 0. The minimum atomic E-state index is -2.33. The molecule has 0 aromatic heterocycles. The van der Waals surface area contributed by atoms with Crippen molar-refractivity contribution in [3.05, 3.63) is 0 Å².